The number of esters is 2. The number of aromatic nitrogens is 6. The Bertz CT molecular complexity index is 3660. The summed E-state index contributed by atoms with van der Waals surface area (Å²) in [6.07, 6.45) is 22.8. The third-order valence-corrected chi connectivity index (χ3v) is 17.0. The number of hydrogen-bond donors (Lipinski definition) is 6. The number of ether oxygens (including phenoxy) is 2. The van der Waals surface area contributed by atoms with Crippen molar-refractivity contribution in [2.75, 3.05) is 48.5 Å². The predicted octanol–water partition coefficient (Wildman–Crippen LogP) is 11.7. The zero-order chi connectivity index (χ0) is 62.7. The van der Waals surface area contributed by atoms with Gasteiger partial charge >= 0.3 is 18.0 Å². The maximum absolute atomic E-state index is 13.0. The smallest absolute Gasteiger partial charge is 0.315 e. The van der Waals surface area contributed by atoms with Crippen LogP contribution < -0.4 is 45.7 Å². The predicted molar refractivity (Wildman–Crippen MR) is 351 cm³/mol. The van der Waals surface area contributed by atoms with Crippen LogP contribution in [0.5, 0.6) is 11.5 Å². The van der Waals surface area contributed by atoms with Crippen molar-refractivity contribution in [1.29, 1.82) is 0 Å². The van der Waals surface area contributed by atoms with Crippen LogP contribution in [0, 0.1) is 0 Å². The molecule has 0 saturated carbocycles. The van der Waals surface area contributed by atoms with Gasteiger partial charge < -0.3 is 41.0 Å². The molecule has 10 rings (SSSR count). The minimum absolute atomic E-state index is 0.0681. The molecule has 0 bridgehead atoms. The third-order valence-electron chi connectivity index (χ3n) is 14.6. The number of carbonyl (C=O) groups is 6. The Kier molecular flexibility index (Phi) is 25.8. The number of amides is 5. The molecule has 6 N–H and O–H groups in total. The lowest BCUT2D eigenvalue weighted by molar-refractivity contribution is -0.135. The molecule has 4 aromatic heterocycles. The van der Waals surface area contributed by atoms with Crippen molar-refractivity contribution >= 4 is 109 Å². The highest BCUT2D eigenvalue weighted by atomic mass is 32.2. The zero-order valence-electron chi connectivity index (χ0n) is 50.7. The van der Waals surface area contributed by atoms with Gasteiger partial charge in [0, 0.05) is 127 Å². The summed E-state index contributed by atoms with van der Waals surface area (Å²) in [5.41, 5.74) is 3.14. The lowest BCUT2D eigenvalue weighted by Gasteiger charge is -2.16. The lowest BCUT2D eigenvalue weighted by Crippen LogP contribution is -2.36. The van der Waals surface area contributed by atoms with Gasteiger partial charge in [-0.3, -0.25) is 48.6 Å². The van der Waals surface area contributed by atoms with Gasteiger partial charge in [0.1, 0.15) is 17.2 Å². The molecule has 3 unspecified atom stereocenters. The summed E-state index contributed by atoms with van der Waals surface area (Å²) in [6, 6.07) is 26.9. The van der Waals surface area contributed by atoms with E-state index in [-0.39, 0.29) is 48.1 Å². The largest absolute Gasteiger partial charge is 0.426 e. The number of nitrogens with zero attached hydrogens (tertiary/aromatic N) is 7. The molecule has 2 aliphatic heterocycles. The topological polar surface area (TPSA) is 274 Å². The van der Waals surface area contributed by atoms with Crippen molar-refractivity contribution in [2.24, 2.45) is 0 Å². The van der Waals surface area contributed by atoms with Crippen molar-refractivity contribution in [3.63, 3.8) is 0 Å². The van der Waals surface area contributed by atoms with Gasteiger partial charge in [-0.1, -0.05) is 82.3 Å². The number of carbonyl (C=O) groups excluding carboxylic acids is 6. The Labute approximate surface area is 527 Å². The van der Waals surface area contributed by atoms with Crippen LogP contribution in [-0.2, 0) is 14.4 Å². The molecule has 4 aromatic carbocycles. The number of urea groups is 1. The molecule has 5 amide bonds. The van der Waals surface area contributed by atoms with Crippen LogP contribution >= 0.6 is 23.7 Å². The van der Waals surface area contributed by atoms with Crippen molar-refractivity contribution in [3.8, 4) is 11.5 Å². The Morgan fingerprint density at radius 2 is 1.28 bits per heavy atom. The van der Waals surface area contributed by atoms with E-state index in [4.69, 9.17) is 9.47 Å². The number of pyridine rings is 2. The highest BCUT2D eigenvalue weighted by Gasteiger charge is 2.42. The molecule has 2 fully saturated rings. The van der Waals surface area contributed by atoms with E-state index in [9.17, 15) is 28.8 Å². The monoisotopic (exact) mass is 1240 g/mol. The average molecular weight is 1240 g/mol. The van der Waals surface area contributed by atoms with Gasteiger partial charge in [0.15, 0.2) is 5.82 Å². The van der Waals surface area contributed by atoms with Gasteiger partial charge in [0.05, 0.1) is 46.8 Å². The van der Waals surface area contributed by atoms with Crippen LogP contribution in [0.25, 0.3) is 32.6 Å². The number of anilines is 3. The van der Waals surface area contributed by atoms with Crippen molar-refractivity contribution in [2.45, 2.75) is 126 Å². The molecular formula is C66H77N13O8S2. The Balaban J connectivity index is 0.000000224. The molecule has 2 aliphatic rings. The molecule has 2 saturated heterocycles. The van der Waals surface area contributed by atoms with Crippen LogP contribution in [0.2, 0.25) is 0 Å². The summed E-state index contributed by atoms with van der Waals surface area (Å²) >= 11 is 3.56. The second-order valence-electron chi connectivity index (χ2n) is 21.2. The second-order valence-corrected chi connectivity index (χ2v) is 23.4. The Hall–Kier alpha value is -8.80. The summed E-state index contributed by atoms with van der Waals surface area (Å²) in [7, 11) is 4.13. The van der Waals surface area contributed by atoms with Crippen molar-refractivity contribution < 1.29 is 38.2 Å². The number of thioether (sulfide) groups is 1. The molecule has 0 radical (unpaired) electrons. The van der Waals surface area contributed by atoms with E-state index in [2.05, 4.69) is 117 Å². The van der Waals surface area contributed by atoms with E-state index in [0.717, 1.165) is 81.9 Å². The zero-order valence-corrected chi connectivity index (χ0v) is 52.3. The first-order valence-electron chi connectivity index (χ1n) is 30.3. The summed E-state index contributed by atoms with van der Waals surface area (Å²) in [5.74, 6) is 0.429. The lowest BCUT2D eigenvalue weighted by atomic mass is 10.0. The number of hydrogen-bond acceptors (Lipinski definition) is 18. The van der Waals surface area contributed by atoms with Crippen molar-refractivity contribution in [3.05, 3.63) is 146 Å². The van der Waals surface area contributed by atoms with Crippen LogP contribution in [0.15, 0.2) is 139 Å². The summed E-state index contributed by atoms with van der Waals surface area (Å²) in [5, 5.41) is 18.8. The minimum Gasteiger partial charge on any atom is -0.426 e. The van der Waals surface area contributed by atoms with Crippen LogP contribution in [0.3, 0.4) is 0 Å². The van der Waals surface area contributed by atoms with Gasteiger partial charge in [-0.25, -0.2) is 14.8 Å². The van der Waals surface area contributed by atoms with Gasteiger partial charge in [-0.05, 0) is 98.3 Å². The Morgan fingerprint density at radius 1 is 0.629 bits per heavy atom. The number of fused-ring (bicyclic) bond motifs is 4. The minimum atomic E-state index is -0.444. The molecule has 466 valence electrons. The van der Waals surface area contributed by atoms with E-state index < -0.39 is 11.8 Å². The molecule has 89 heavy (non-hydrogen) atoms. The molecule has 0 spiro atoms. The van der Waals surface area contributed by atoms with E-state index in [1.54, 1.807) is 60.7 Å². The number of rotatable bonds is 28. The van der Waals surface area contributed by atoms with Gasteiger partial charge in [-0.2, -0.15) is 11.8 Å². The fourth-order valence-corrected chi connectivity index (χ4v) is 12.6. The van der Waals surface area contributed by atoms with Crippen LogP contribution in [0.4, 0.5) is 22.0 Å². The van der Waals surface area contributed by atoms with Gasteiger partial charge in [-0.15, -0.1) is 0 Å². The molecule has 0 aliphatic carbocycles. The SMILES string of the molecule is CC.CN(C)c1cccc2c(SNCCCCCCC(=O)Oc3cc(C(=O)Nc4cnccn4)c4ncccc4c3)cccc12.O=C(CCCCC1SCC2NC(=O)NC21)NCCCCCCC(=O)Oc1cc(NC(=O)c2cnccn2)c2ncccc2c1. The molecule has 21 nitrogen and oxygen atoms in total. The number of nitrogens with one attached hydrogen (secondary N) is 6. The first-order chi connectivity index (χ1) is 43.4. The fraction of sp³-hybridized carbons (Fsp3) is 0.364. The summed E-state index contributed by atoms with van der Waals surface area (Å²) < 4.78 is 14.7. The summed E-state index contributed by atoms with van der Waals surface area (Å²) in [6.45, 7) is 5.50. The second kappa shape index (κ2) is 34.7. The van der Waals surface area contributed by atoms with Crippen LogP contribution in [-0.4, -0.2) is 116 Å². The van der Waals surface area contributed by atoms with Crippen LogP contribution in [0.1, 0.15) is 125 Å². The van der Waals surface area contributed by atoms with Gasteiger partial charge in [0.25, 0.3) is 11.8 Å². The highest BCUT2D eigenvalue weighted by molar-refractivity contribution is 8.00. The molecule has 3 atom stereocenters. The van der Waals surface area contributed by atoms with Gasteiger partial charge in [0.2, 0.25) is 5.91 Å². The Morgan fingerprint density at radius 3 is 1.99 bits per heavy atom. The van der Waals surface area contributed by atoms with E-state index in [0.29, 0.717) is 76.0 Å². The number of unbranched alkanes of at least 4 members (excludes halogenated alkanes) is 7. The standard InChI is InChI=1S/C33H34N6O3S.C31H37N7O5S.C2H6/c1-39(2)28-13-7-12-26-25(28)11-8-14-29(26)43-37-17-6-4-3-5-15-31(40)42-24-20-23-10-9-16-36-32(23)27(21-24)33(41)38-30-22-34-18-19-35-30;39-26(10-5-4-9-25-29-24(19-44-25)37-31(42)38-29)34-12-6-2-1-3-11-27(40)43-21-16-20-8-7-13-35-28(20)22(17-21)36-30(41)23-18-32-14-15-33-23;1-2/h7-14,16,18-22,37H,3-6,15,17H2,1-2H3,(H,35,38,41);7-8,13-18,24-25,29H,1-6,9-12,19H2,(H,34,39)(H,36,41)(H2,37,38,42);1-2H3. The van der Waals surface area contributed by atoms with E-state index in [1.807, 2.05) is 37.7 Å². The molecule has 6 heterocycles. The first-order valence-corrected chi connectivity index (χ1v) is 32.2. The number of benzene rings is 4. The first kappa shape index (κ1) is 66.2. The average Bonchev–Trinajstić information content (AvgIpc) is 1.79. The van der Waals surface area contributed by atoms with Crippen molar-refractivity contribution in [1.82, 2.24) is 50.6 Å². The van der Waals surface area contributed by atoms with E-state index in [1.165, 1.54) is 58.5 Å². The maximum atomic E-state index is 13.0. The molecular weight excluding hydrogens is 1170 g/mol. The van der Waals surface area contributed by atoms with E-state index >= 15 is 0 Å². The highest BCUT2D eigenvalue weighted by Crippen LogP contribution is 2.35. The third kappa shape index (κ3) is 19.9. The quantitative estimate of drug-likeness (QED) is 0.00874. The molecule has 23 heteroatoms. The fourth-order valence-electron chi connectivity index (χ4n) is 10.3. The normalized spacial score (nSPS) is 14.7. The maximum Gasteiger partial charge on any atom is 0.315 e. The summed E-state index contributed by atoms with van der Waals surface area (Å²) in [4.78, 5) is 102. The molecule has 8 aromatic rings.